The van der Waals surface area contributed by atoms with E-state index in [2.05, 4.69) is 22.4 Å². The lowest BCUT2D eigenvalue weighted by Gasteiger charge is -2.24. The number of nitrogens with one attached hydrogen (secondary N) is 2. The second kappa shape index (κ2) is 4.37. The van der Waals surface area contributed by atoms with Crippen molar-refractivity contribution in [3.8, 4) is 5.75 Å². The van der Waals surface area contributed by atoms with Crippen molar-refractivity contribution in [3.05, 3.63) is 23.9 Å². The lowest BCUT2D eigenvalue weighted by molar-refractivity contribution is 0.161. The van der Waals surface area contributed by atoms with Gasteiger partial charge in [-0.3, -0.25) is 5.10 Å². The third kappa shape index (κ3) is 2.00. The number of H-pyrrole nitrogens is 1. The fourth-order valence-electron chi connectivity index (χ4n) is 2.36. The van der Waals surface area contributed by atoms with Gasteiger partial charge in [0.15, 0.2) is 0 Å². The number of ether oxygens (including phenoxy) is 1. The summed E-state index contributed by atoms with van der Waals surface area (Å²) in [4.78, 5) is 0. The third-order valence-corrected chi connectivity index (χ3v) is 3.42. The lowest BCUT2D eigenvalue weighted by atomic mass is 10.1. The summed E-state index contributed by atoms with van der Waals surface area (Å²) in [6.45, 7) is 4.20. The van der Waals surface area contributed by atoms with Gasteiger partial charge in [0, 0.05) is 10.9 Å². The number of hydrogen-bond donors (Lipinski definition) is 2. The second-order valence-electron chi connectivity index (χ2n) is 4.59. The molecule has 3 rings (SSSR count). The number of aromatic nitrogens is 2. The number of nitrogens with zero attached hydrogens (tertiary/aromatic N) is 1. The van der Waals surface area contributed by atoms with E-state index in [1.54, 1.807) is 0 Å². The maximum Gasteiger partial charge on any atom is 0.123 e. The van der Waals surface area contributed by atoms with Gasteiger partial charge in [0.25, 0.3) is 0 Å². The molecule has 1 aliphatic rings. The first-order valence-electron chi connectivity index (χ1n) is 6.14. The minimum absolute atomic E-state index is 0.347. The molecule has 1 fully saturated rings. The average Bonchev–Trinajstić information content (AvgIpc) is 2.83. The van der Waals surface area contributed by atoms with E-state index in [1.807, 2.05) is 18.3 Å². The molecule has 0 bridgehead atoms. The highest BCUT2D eigenvalue weighted by molar-refractivity contribution is 5.83. The van der Waals surface area contributed by atoms with Crippen LogP contribution in [0, 0.1) is 6.92 Å². The lowest BCUT2D eigenvalue weighted by Crippen LogP contribution is -2.34. The molecule has 0 amide bonds. The number of piperidine rings is 1. The third-order valence-electron chi connectivity index (χ3n) is 3.42. The van der Waals surface area contributed by atoms with Crippen molar-refractivity contribution in [2.45, 2.75) is 25.9 Å². The van der Waals surface area contributed by atoms with Gasteiger partial charge in [0.1, 0.15) is 11.9 Å². The molecule has 1 saturated heterocycles. The first-order valence-corrected chi connectivity index (χ1v) is 6.14. The van der Waals surface area contributed by atoms with Gasteiger partial charge in [-0.25, -0.2) is 0 Å². The zero-order valence-electron chi connectivity index (χ0n) is 9.99. The molecule has 1 aromatic carbocycles. The van der Waals surface area contributed by atoms with E-state index in [1.165, 1.54) is 5.56 Å². The van der Waals surface area contributed by atoms with Gasteiger partial charge in [-0.15, -0.1) is 0 Å². The zero-order valence-corrected chi connectivity index (χ0v) is 9.99. The van der Waals surface area contributed by atoms with Crippen LogP contribution in [-0.2, 0) is 0 Å². The minimum atomic E-state index is 0.347. The molecule has 90 valence electrons. The zero-order chi connectivity index (χ0) is 11.7. The highest BCUT2D eigenvalue weighted by Gasteiger charge is 2.16. The largest absolute Gasteiger partial charge is 0.490 e. The number of aromatic amines is 1. The molecular formula is C13H17N3O. The fourth-order valence-corrected chi connectivity index (χ4v) is 2.36. The summed E-state index contributed by atoms with van der Waals surface area (Å²) in [5.41, 5.74) is 2.25. The molecule has 0 radical (unpaired) electrons. The summed E-state index contributed by atoms with van der Waals surface area (Å²) in [5, 5.41) is 11.5. The maximum absolute atomic E-state index is 6.08. The Hall–Kier alpha value is -1.55. The average molecular weight is 231 g/mol. The Balaban J connectivity index is 1.86. The predicted molar refractivity (Wildman–Crippen MR) is 67.4 cm³/mol. The number of aryl methyl sites for hydroxylation is 1. The minimum Gasteiger partial charge on any atom is -0.490 e. The Morgan fingerprint density at radius 3 is 2.94 bits per heavy atom. The van der Waals surface area contributed by atoms with Crippen molar-refractivity contribution in [2.24, 2.45) is 0 Å². The van der Waals surface area contributed by atoms with Gasteiger partial charge >= 0.3 is 0 Å². The molecular weight excluding hydrogens is 214 g/mol. The fraction of sp³-hybridized carbons (Fsp3) is 0.462. The van der Waals surface area contributed by atoms with Crippen LogP contribution in [0.1, 0.15) is 18.4 Å². The molecule has 0 unspecified atom stereocenters. The highest BCUT2D eigenvalue weighted by Crippen LogP contribution is 2.27. The smallest absolute Gasteiger partial charge is 0.123 e. The summed E-state index contributed by atoms with van der Waals surface area (Å²) in [6, 6.07) is 4.07. The Morgan fingerprint density at radius 2 is 2.12 bits per heavy atom. The van der Waals surface area contributed by atoms with Crippen LogP contribution >= 0.6 is 0 Å². The van der Waals surface area contributed by atoms with E-state index in [9.17, 15) is 0 Å². The van der Waals surface area contributed by atoms with Crippen LogP contribution in [0.2, 0.25) is 0 Å². The quantitative estimate of drug-likeness (QED) is 0.831. The molecule has 0 aliphatic carbocycles. The van der Waals surface area contributed by atoms with E-state index in [4.69, 9.17) is 4.74 Å². The first kappa shape index (κ1) is 10.6. The van der Waals surface area contributed by atoms with Crippen molar-refractivity contribution >= 4 is 10.9 Å². The molecule has 1 aromatic heterocycles. The van der Waals surface area contributed by atoms with Crippen molar-refractivity contribution in [3.63, 3.8) is 0 Å². The summed E-state index contributed by atoms with van der Waals surface area (Å²) >= 11 is 0. The second-order valence-corrected chi connectivity index (χ2v) is 4.59. The van der Waals surface area contributed by atoms with E-state index >= 15 is 0 Å². The van der Waals surface area contributed by atoms with Gasteiger partial charge in [0.05, 0.1) is 11.7 Å². The SMILES string of the molecule is Cc1c(OC2CCNCC2)ccc2[nH]ncc12. The normalized spacial score (nSPS) is 17.5. The molecule has 1 aliphatic heterocycles. The van der Waals surface area contributed by atoms with Crippen molar-refractivity contribution in [1.29, 1.82) is 0 Å². The molecule has 0 saturated carbocycles. The van der Waals surface area contributed by atoms with Gasteiger partial charge in [0.2, 0.25) is 0 Å². The Morgan fingerprint density at radius 1 is 1.29 bits per heavy atom. The topological polar surface area (TPSA) is 49.9 Å². The summed E-state index contributed by atoms with van der Waals surface area (Å²) < 4.78 is 6.08. The van der Waals surface area contributed by atoms with Crippen LogP contribution in [-0.4, -0.2) is 29.4 Å². The summed E-state index contributed by atoms with van der Waals surface area (Å²) in [5.74, 6) is 0.991. The Kier molecular flexibility index (Phi) is 2.73. The standard InChI is InChI=1S/C13H17N3O/c1-9-11-8-15-16-12(11)2-3-13(9)17-10-4-6-14-7-5-10/h2-3,8,10,14H,4-7H2,1H3,(H,15,16). The van der Waals surface area contributed by atoms with E-state index in [0.717, 1.165) is 42.6 Å². The van der Waals surface area contributed by atoms with E-state index in [0.29, 0.717) is 6.10 Å². The molecule has 2 heterocycles. The summed E-state index contributed by atoms with van der Waals surface area (Å²) in [7, 11) is 0. The molecule has 17 heavy (non-hydrogen) atoms. The maximum atomic E-state index is 6.08. The van der Waals surface area contributed by atoms with Crippen LogP contribution in [0.15, 0.2) is 18.3 Å². The molecule has 2 N–H and O–H groups in total. The van der Waals surface area contributed by atoms with Crippen molar-refractivity contribution in [2.75, 3.05) is 13.1 Å². The Bertz CT molecular complexity index is 514. The Labute approximate surface area is 100 Å². The van der Waals surface area contributed by atoms with Crippen molar-refractivity contribution < 1.29 is 4.74 Å². The summed E-state index contributed by atoms with van der Waals surface area (Å²) in [6.07, 6.45) is 4.38. The van der Waals surface area contributed by atoms with Gasteiger partial charge < -0.3 is 10.1 Å². The number of benzene rings is 1. The molecule has 4 heteroatoms. The number of hydrogen-bond acceptors (Lipinski definition) is 3. The van der Waals surface area contributed by atoms with Crippen molar-refractivity contribution in [1.82, 2.24) is 15.5 Å². The van der Waals surface area contributed by atoms with Crippen LogP contribution in [0.3, 0.4) is 0 Å². The molecule has 0 atom stereocenters. The van der Waals surface area contributed by atoms with Gasteiger partial charge in [-0.2, -0.15) is 5.10 Å². The van der Waals surface area contributed by atoms with Crippen LogP contribution in [0.25, 0.3) is 10.9 Å². The van der Waals surface area contributed by atoms with Crippen LogP contribution in [0.4, 0.5) is 0 Å². The van der Waals surface area contributed by atoms with E-state index < -0.39 is 0 Å². The van der Waals surface area contributed by atoms with E-state index in [-0.39, 0.29) is 0 Å². The van der Waals surface area contributed by atoms with Crippen LogP contribution < -0.4 is 10.1 Å². The number of rotatable bonds is 2. The first-order chi connectivity index (χ1) is 8.34. The van der Waals surface area contributed by atoms with Crippen LogP contribution in [0.5, 0.6) is 5.75 Å². The monoisotopic (exact) mass is 231 g/mol. The molecule has 2 aromatic rings. The molecule has 0 spiro atoms. The van der Waals surface area contributed by atoms with Gasteiger partial charge in [-0.05, 0) is 45.0 Å². The number of fused-ring (bicyclic) bond motifs is 1. The molecule has 4 nitrogen and oxygen atoms in total. The highest BCUT2D eigenvalue weighted by atomic mass is 16.5. The predicted octanol–water partition coefficient (Wildman–Crippen LogP) is 2.00. The van der Waals surface area contributed by atoms with Gasteiger partial charge in [-0.1, -0.05) is 0 Å².